The van der Waals surface area contributed by atoms with Crippen molar-refractivity contribution in [1.29, 1.82) is 0 Å². The Hall–Kier alpha value is -3.36. The first-order valence-corrected chi connectivity index (χ1v) is 11.7. The van der Waals surface area contributed by atoms with Gasteiger partial charge in [-0.2, -0.15) is 0 Å². The number of benzene rings is 1. The Morgan fingerprint density at radius 2 is 1.82 bits per heavy atom. The molecule has 1 aromatic carbocycles. The minimum atomic E-state index is -0.357. The Bertz CT molecular complexity index is 1010. The number of piperazine rings is 1. The molecule has 1 saturated heterocycles. The van der Waals surface area contributed by atoms with Crippen LogP contribution in [0.3, 0.4) is 0 Å². The number of aromatic amines is 1. The number of ether oxygens (including phenoxy) is 1. The highest BCUT2D eigenvalue weighted by Gasteiger charge is 2.25. The number of urea groups is 1. The number of carbonyl (C=O) groups excluding carboxylic acids is 2. The highest BCUT2D eigenvalue weighted by molar-refractivity contribution is 5.95. The summed E-state index contributed by atoms with van der Waals surface area (Å²) in [6.07, 6.45) is 8.99. The average Bonchev–Trinajstić information content (AvgIpc) is 2.84. The van der Waals surface area contributed by atoms with Crippen LogP contribution in [-0.4, -0.2) is 64.5 Å². The van der Waals surface area contributed by atoms with Crippen LogP contribution in [0, 0.1) is 5.92 Å². The van der Waals surface area contributed by atoms with Gasteiger partial charge >= 0.3 is 6.03 Å². The summed E-state index contributed by atoms with van der Waals surface area (Å²) in [6.45, 7) is 2.32. The van der Waals surface area contributed by atoms with Crippen LogP contribution < -0.4 is 15.6 Å². The molecule has 2 aliphatic rings. The summed E-state index contributed by atoms with van der Waals surface area (Å²) >= 11 is 0. The zero-order valence-electron chi connectivity index (χ0n) is 18.8. The van der Waals surface area contributed by atoms with Gasteiger partial charge in [0.25, 0.3) is 11.5 Å². The molecule has 1 aliphatic heterocycles. The average molecular weight is 454 g/mol. The number of aromatic nitrogens is 2. The van der Waals surface area contributed by atoms with Crippen molar-refractivity contribution >= 4 is 17.9 Å². The van der Waals surface area contributed by atoms with Crippen molar-refractivity contribution in [2.45, 2.75) is 38.5 Å². The van der Waals surface area contributed by atoms with Crippen molar-refractivity contribution in [3.05, 3.63) is 52.4 Å². The molecule has 176 valence electrons. The SMILES string of the molecule is O=C(Nc1nccc(=O)[nH]1)N1CCN(C(=O)c2cccc(OCCC3CCCCC3)c2)CC1. The smallest absolute Gasteiger partial charge is 0.324 e. The van der Waals surface area contributed by atoms with Crippen LogP contribution in [0.15, 0.2) is 41.3 Å². The van der Waals surface area contributed by atoms with Crippen molar-refractivity contribution in [3.63, 3.8) is 0 Å². The molecular weight excluding hydrogens is 422 g/mol. The van der Waals surface area contributed by atoms with Crippen LogP contribution in [0.4, 0.5) is 10.7 Å². The second kappa shape index (κ2) is 11.0. The van der Waals surface area contributed by atoms with Crippen LogP contribution in [0.1, 0.15) is 48.9 Å². The summed E-state index contributed by atoms with van der Waals surface area (Å²) in [5.41, 5.74) is 0.255. The molecule has 1 saturated carbocycles. The number of H-pyrrole nitrogens is 1. The zero-order chi connectivity index (χ0) is 23.0. The van der Waals surface area contributed by atoms with E-state index in [4.69, 9.17) is 4.74 Å². The van der Waals surface area contributed by atoms with Crippen LogP contribution in [-0.2, 0) is 0 Å². The molecule has 1 aromatic heterocycles. The van der Waals surface area contributed by atoms with Gasteiger partial charge in [0.05, 0.1) is 6.61 Å². The van der Waals surface area contributed by atoms with Crippen LogP contribution in [0.25, 0.3) is 0 Å². The molecule has 2 heterocycles. The lowest BCUT2D eigenvalue weighted by molar-refractivity contribution is 0.0671. The molecule has 0 radical (unpaired) electrons. The number of rotatable bonds is 6. The van der Waals surface area contributed by atoms with Gasteiger partial charge in [0.2, 0.25) is 5.95 Å². The second-order valence-electron chi connectivity index (χ2n) is 8.66. The molecule has 2 fully saturated rings. The van der Waals surface area contributed by atoms with Crippen LogP contribution >= 0.6 is 0 Å². The lowest BCUT2D eigenvalue weighted by Gasteiger charge is -2.34. The van der Waals surface area contributed by atoms with E-state index in [0.29, 0.717) is 38.3 Å². The minimum absolute atomic E-state index is 0.0677. The van der Waals surface area contributed by atoms with E-state index >= 15 is 0 Å². The predicted molar refractivity (Wildman–Crippen MR) is 124 cm³/mol. The van der Waals surface area contributed by atoms with Crippen LogP contribution in [0.5, 0.6) is 5.75 Å². The van der Waals surface area contributed by atoms with E-state index in [1.54, 1.807) is 21.9 Å². The van der Waals surface area contributed by atoms with Crippen molar-refractivity contribution < 1.29 is 14.3 Å². The summed E-state index contributed by atoms with van der Waals surface area (Å²) < 4.78 is 5.94. The Labute approximate surface area is 193 Å². The van der Waals surface area contributed by atoms with E-state index in [1.807, 2.05) is 12.1 Å². The standard InChI is InChI=1S/C24H31N5O4/c30-21-9-11-25-23(26-21)27-24(32)29-14-12-28(13-15-29)22(31)19-7-4-8-20(17-19)33-16-10-18-5-2-1-3-6-18/h4,7-9,11,17-18H,1-3,5-6,10,12-16H2,(H2,25,26,27,30,32). The van der Waals surface area contributed by atoms with Gasteiger partial charge in [-0.05, 0) is 30.5 Å². The van der Waals surface area contributed by atoms with Gasteiger partial charge in [0.15, 0.2) is 0 Å². The molecule has 1 aliphatic carbocycles. The highest BCUT2D eigenvalue weighted by atomic mass is 16.5. The number of amides is 3. The van der Waals surface area contributed by atoms with Gasteiger partial charge in [-0.3, -0.25) is 19.9 Å². The van der Waals surface area contributed by atoms with E-state index in [0.717, 1.165) is 18.1 Å². The van der Waals surface area contributed by atoms with Gasteiger partial charge in [-0.25, -0.2) is 9.78 Å². The van der Waals surface area contributed by atoms with E-state index in [9.17, 15) is 14.4 Å². The summed E-state index contributed by atoms with van der Waals surface area (Å²) in [6, 6.07) is 8.26. The van der Waals surface area contributed by atoms with Crippen molar-refractivity contribution in [2.24, 2.45) is 5.92 Å². The first kappa shape index (κ1) is 22.8. The maximum Gasteiger partial charge on any atom is 0.324 e. The molecule has 0 bridgehead atoms. The largest absolute Gasteiger partial charge is 0.494 e. The van der Waals surface area contributed by atoms with E-state index in [2.05, 4.69) is 15.3 Å². The van der Waals surface area contributed by atoms with Crippen LogP contribution in [0.2, 0.25) is 0 Å². The van der Waals surface area contributed by atoms with E-state index in [1.165, 1.54) is 44.4 Å². The highest BCUT2D eigenvalue weighted by Crippen LogP contribution is 2.26. The van der Waals surface area contributed by atoms with E-state index < -0.39 is 0 Å². The summed E-state index contributed by atoms with van der Waals surface area (Å²) in [7, 11) is 0. The first-order valence-electron chi connectivity index (χ1n) is 11.7. The summed E-state index contributed by atoms with van der Waals surface area (Å²) in [4.78, 5) is 46.5. The number of hydrogen-bond acceptors (Lipinski definition) is 5. The molecule has 3 amide bonds. The molecule has 9 heteroatoms. The summed E-state index contributed by atoms with van der Waals surface area (Å²) in [5, 5.41) is 2.58. The number of nitrogens with one attached hydrogen (secondary N) is 2. The van der Waals surface area contributed by atoms with E-state index in [-0.39, 0.29) is 23.4 Å². The van der Waals surface area contributed by atoms with Gasteiger partial charge in [0, 0.05) is 44.0 Å². The maximum atomic E-state index is 13.0. The Kier molecular flexibility index (Phi) is 7.59. The molecule has 2 aromatic rings. The van der Waals surface area contributed by atoms with Crippen molar-refractivity contribution in [2.75, 3.05) is 38.1 Å². The third-order valence-electron chi connectivity index (χ3n) is 6.35. The molecule has 9 nitrogen and oxygen atoms in total. The Morgan fingerprint density at radius 1 is 1.06 bits per heavy atom. The second-order valence-corrected chi connectivity index (χ2v) is 8.66. The quantitative estimate of drug-likeness (QED) is 0.699. The van der Waals surface area contributed by atoms with Gasteiger partial charge in [0.1, 0.15) is 5.75 Å². The Balaban J connectivity index is 1.25. The molecular formula is C24H31N5O4. The lowest BCUT2D eigenvalue weighted by atomic mass is 9.87. The predicted octanol–water partition coefficient (Wildman–Crippen LogP) is 3.11. The summed E-state index contributed by atoms with van der Waals surface area (Å²) in [5.74, 6) is 1.52. The van der Waals surface area contributed by atoms with Gasteiger partial charge in [-0.15, -0.1) is 0 Å². The number of nitrogens with zero attached hydrogens (tertiary/aromatic N) is 3. The fraction of sp³-hybridized carbons (Fsp3) is 0.500. The van der Waals surface area contributed by atoms with Crippen molar-refractivity contribution in [3.8, 4) is 5.75 Å². The van der Waals surface area contributed by atoms with Gasteiger partial charge in [-0.1, -0.05) is 38.2 Å². The fourth-order valence-corrected chi connectivity index (χ4v) is 4.45. The third-order valence-corrected chi connectivity index (χ3v) is 6.35. The number of hydrogen-bond donors (Lipinski definition) is 2. The normalized spacial score (nSPS) is 17.0. The van der Waals surface area contributed by atoms with Crippen molar-refractivity contribution in [1.82, 2.24) is 19.8 Å². The fourth-order valence-electron chi connectivity index (χ4n) is 4.45. The van der Waals surface area contributed by atoms with Gasteiger partial charge < -0.3 is 14.5 Å². The Morgan fingerprint density at radius 3 is 2.58 bits per heavy atom. The monoisotopic (exact) mass is 453 g/mol. The molecule has 4 rings (SSSR count). The maximum absolute atomic E-state index is 13.0. The minimum Gasteiger partial charge on any atom is -0.494 e. The topological polar surface area (TPSA) is 108 Å². The molecule has 0 unspecified atom stereocenters. The molecule has 33 heavy (non-hydrogen) atoms. The number of anilines is 1. The number of carbonyl (C=O) groups is 2. The molecule has 2 N–H and O–H groups in total. The molecule has 0 spiro atoms. The zero-order valence-corrected chi connectivity index (χ0v) is 18.8. The third kappa shape index (κ3) is 6.34. The lowest BCUT2D eigenvalue weighted by Crippen LogP contribution is -2.51. The molecule has 0 atom stereocenters. The first-order chi connectivity index (χ1) is 16.1.